The summed E-state index contributed by atoms with van der Waals surface area (Å²) in [7, 11) is -2.10. The van der Waals surface area contributed by atoms with Gasteiger partial charge in [0.1, 0.15) is 0 Å². The van der Waals surface area contributed by atoms with Crippen LogP contribution in [0.3, 0.4) is 0 Å². The number of rotatable bonds is 5. The van der Waals surface area contributed by atoms with E-state index in [0.717, 1.165) is 31.4 Å². The molecule has 0 aliphatic heterocycles. The zero-order valence-electron chi connectivity index (χ0n) is 15.9. The highest BCUT2D eigenvalue weighted by molar-refractivity contribution is 7.89. The van der Waals surface area contributed by atoms with Gasteiger partial charge in [-0.15, -0.1) is 11.3 Å². The lowest BCUT2D eigenvalue weighted by molar-refractivity contribution is 0.102. The van der Waals surface area contributed by atoms with E-state index in [-0.39, 0.29) is 16.8 Å². The molecule has 0 bridgehead atoms. The number of sulfonamides is 1. The SMILES string of the molecule is CC(C)N(C)S(=O)(=O)c1cccc(C(=O)Nc2nc3c(s2)CCCCC3)c1. The van der Waals surface area contributed by atoms with Crippen LogP contribution < -0.4 is 5.32 Å². The van der Waals surface area contributed by atoms with Crippen LogP contribution in [0.15, 0.2) is 29.2 Å². The minimum absolute atomic E-state index is 0.112. The number of thiazole rings is 1. The van der Waals surface area contributed by atoms with Crippen molar-refractivity contribution >= 4 is 32.4 Å². The normalized spacial score (nSPS) is 14.9. The van der Waals surface area contributed by atoms with Gasteiger partial charge in [0, 0.05) is 23.5 Å². The summed E-state index contributed by atoms with van der Waals surface area (Å²) in [4.78, 5) is 18.5. The van der Waals surface area contributed by atoms with E-state index in [2.05, 4.69) is 10.3 Å². The summed E-state index contributed by atoms with van der Waals surface area (Å²) in [6, 6.07) is 5.96. The molecular formula is C19H25N3O3S2. The molecule has 1 aromatic heterocycles. The third kappa shape index (κ3) is 4.39. The lowest BCUT2D eigenvalue weighted by Crippen LogP contribution is -2.33. The summed E-state index contributed by atoms with van der Waals surface area (Å²) in [5.74, 6) is -0.344. The fraction of sp³-hybridized carbons (Fsp3) is 0.474. The summed E-state index contributed by atoms with van der Waals surface area (Å²) in [5.41, 5.74) is 1.39. The zero-order chi connectivity index (χ0) is 19.6. The van der Waals surface area contributed by atoms with E-state index in [1.54, 1.807) is 26.0 Å². The fourth-order valence-electron chi connectivity index (χ4n) is 2.99. The maximum atomic E-state index is 12.7. The predicted molar refractivity (Wildman–Crippen MR) is 108 cm³/mol. The Hall–Kier alpha value is -1.77. The van der Waals surface area contributed by atoms with Crippen LogP contribution in [0.25, 0.3) is 0 Å². The molecule has 1 aliphatic carbocycles. The number of carbonyl (C=O) groups is 1. The molecule has 1 amide bonds. The zero-order valence-corrected chi connectivity index (χ0v) is 17.5. The molecule has 1 heterocycles. The van der Waals surface area contributed by atoms with Crippen LogP contribution in [0.1, 0.15) is 54.0 Å². The Morgan fingerprint density at radius 1 is 1.22 bits per heavy atom. The Bertz CT molecular complexity index is 912. The number of aromatic nitrogens is 1. The third-order valence-electron chi connectivity index (χ3n) is 4.82. The number of hydrogen-bond donors (Lipinski definition) is 1. The van der Waals surface area contributed by atoms with Crippen LogP contribution in [0.4, 0.5) is 5.13 Å². The van der Waals surface area contributed by atoms with Gasteiger partial charge in [-0.1, -0.05) is 12.5 Å². The largest absolute Gasteiger partial charge is 0.298 e. The number of carbonyl (C=O) groups excluding carboxylic acids is 1. The van der Waals surface area contributed by atoms with Gasteiger partial charge in [-0.2, -0.15) is 4.31 Å². The molecule has 0 saturated heterocycles. The van der Waals surface area contributed by atoms with Gasteiger partial charge in [0.15, 0.2) is 5.13 Å². The molecule has 0 unspecified atom stereocenters. The van der Waals surface area contributed by atoms with E-state index >= 15 is 0 Å². The monoisotopic (exact) mass is 407 g/mol. The highest BCUT2D eigenvalue weighted by atomic mass is 32.2. The van der Waals surface area contributed by atoms with Crippen molar-refractivity contribution in [2.24, 2.45) is 0 Å². The molecule has 0 atom stereocenters. The summed E-state index contributed by atoms with van der Waals surface area (Å²) in [5, 5.41) is 3.41. The Morgan fingerprint density at radius 3 is 2.70 bits per heavy atom. The number of hydrogen-bond acceptors (Lipinski definition) is 5. The minimum atomic E-state index is -3.63. The van der Waals surface area contributed by atoms with Crippen molar-refractivity contribution in [1.29, 1.82) is 0 Å². The molecule has 1 N–H and O–H groups in total. The first-order valence-corrected chi connectivity index (χ1v) is 11.4. The average Bonchev–Trinajstić information content (AvgIpc) is 2.89. The standard InChI is InChI=1S/C19H25N3O3S2/c1-13(2)22(3)27(24,25)15-9-7-8-14(12-15)18(23)21-19-20-16-10-5-4-6-11-17(16)26-19/h7-9,12-13H,4-6,10-11H2,1-3H3,(H,20,21,23). The summed E-state index contributed by atoms with van der Waals surface area (Å²) in [6.07, 6.45) is 5.48. The molecule has 0 saturated carbocycles. The van der Waals surface area contributed by atoms with Crippen molar-refractivity contribution in [2.45, 2.75) is 56.9 Å². The molecule has 146 valence electrons. The van der Waals surface area contributed by atoms with Crippen molar-refractivity contribution in [3.8, 4) is 0 Å². The molecule has 0 fully saturated rings. The quantitative estimate of drug-likeness (QED) is 0.767. The van der Waals surface area contributed by atoms with Crippen molar-refractivity contribution in [2.75, 3.05) is 12.4 Å². The number of nitrogens with one attached hydrogen (secondary N) is 1. The summed E-state index contributed by atoms with van der Waals surface area (Å²) >= 11 is 1.52. The number of fused-ring (bicyclic) bond motifs is 1. The van der Waals surface area contributed by atoms with Gasteiger partial charge in [-0.3, -0.25) is 10.1 Å². The molecule has 8 heteroatoms. The Kier molecular flexibility index (Phi) is 5.98. The predicted octanol–water partition coefficient (Wildman–Crippen LogP) is 3.69. The highest BCUT2D eigenvalue weighted by Crippen LogP contribution is 2.29. The Morgan fingerprint density at radius 2 is 1.96 bits per heavy atom. The number of benzene rings is 1. The van der Waals surface area contributed by atoms with Gasteiger partial charge in [-0.25, -0.2) is 13.4 Å². The second-order valence-corrected chi connectivity index (χ2v) is 10.1. The number of amides is 1. The maximum absolute atomic E-state index is 12.7. The van der Waals surface area contributed by atoms with Crippen molar-refractivity contribution in [3.63, 3.8) is 0 Å². The molecule has 0 radical (unpaired) electrons. The first-order chi connectivity index (χ1) is 12.8. The van der Waals surface area contributed by atoms with Crippen molar-refractivity contribution in [1.82, 2.24) is 9.29 Å². The summed E-state index contributed by atoms with van der Waals surface area (Å²) < 4.78 is 26.6. The lowest BCUT2D eigenvalue weighted by Gasteiger charge is -2.21. The number of anilines is 1. The van der Waals surface area contributed by atoms with Crippen LogP contribution in [0, 0.1) is 0 Å². The summed E-state index contributed by atoms with van der Waals surface area (Å²) in [6.45, 7) is 3.61. The van der Waals surface area contributed by atoms with Crippen molar-refractivity contribution < 1.29 is 13.2 Å². The van der Waals surface area contributed by atoms with E-state index in [9.17, 15) is 13.2 Å². The molecule has 2 aromatic rings. The van der Waals surface area contributed by atoms with Gasteiger partial charge in [0.05, 0.1) is 10.6 Å². The molecule has 3 rings (SSSR count). The van der Waals surface area contributed by atoms with Gasteiger partial charge < -0.3 is 0 Å². The third-order valence-corrected chi connectivity index (χ3v) is 7.92. The van der Waals surface area contributed by atoms with E-state index in [1.165, 1.54) is 46.1 Å². The molecule has 27 heavy (non-hydrogen) atoms. The molecule has 0 spiro atoms. The van der Waals surface area contributed by atoms with E-state index in [4.69, 9.17) is 0 Å². The smallest absolute Gasteiger partial charge is 0.257 e. The van der Waals surface area contributed by atoms with Crippen LogP contribution >= 0.6 is 11.3 Å². The topological polar surface area (TPSA) is 79.4 Å². The van der Waals surface area contributed by atoms with E-state index in [0.29, 0.717) is 10.7 Å². The van der Waals surface area contributed by atoms with Crippen molar-refractivity contribution in [3.05, 3.63) is 40.4 Å². The van der Waals surface area contributed by atoms with E-state index in [1.807, 2.05) is 0 Å². The first kappa shape index (κ1) is 20.0. The number of aryl methyl sites for hydroxylation is 2. The van der Waals surface area contributed by atoms with Crippen LogP contribution in [0.2, 0.25) is 0 Å². The molecular weight excluding hydrogens is 382 g/mol. The second-order valence-electron chi connectivity index (χ2n) is 7.05. The first-order valence-electron chi connectivity index (χ1n) is 9.17. The molecule has 1 aromatic carbocycles. The van der Waals surface area contributed by atoms with E-state index < -0.39 is 10.0 Å². The Labute approximate surface area is 164 Å². The van der Waals surface area contributed by atoms with Gasteiger partial charge in [0.2, 0.25) is 10.0 Å². The molecule has 6 nitrogen and oxygen atoms in total. The van der Waals surface area contributed by atoms with Crippen LogP contribution in [0.5, 0.6) is 0 Å². The lowest BCUT2D eigenvalue weighted by atomic mass is 10.2. The van der Waals surface area contributed by atoms with Gasteiger partial charge in [-0.05, 0) is 57.7 Å². The second kappa shape index (κ2) is 8.08. The van der Waals surface area contributed by atoms with Crippen LogP contribution in [-0.2, 0) is 22.9 Å². The average molecular weight is 408 g/mol. The highest BCUT2D eigenvalue weighted by Gasteiger charge is 2.24. The van der Waals surface area contributed by atoms with Gasteiger partial charge >= 0.3 is 0 Å². The maximum Gasteiger partial charge on any atom is 0.257 e. The fourth-order valence-corrected chi connectivity index (χ4v) is 5.45. The number of nitrogens with zero attached hydrogens (tertiary/aromatic N) is 2. The van der Waals surface area contributed by atoms with Crippen LogP contribution in [-0.4, -0.2) is 36.7 Å². The minimum Gasteiger partial charge on any atom is -0.298 e. The molecule has 1 aliphatic rings. The van der Waals surface area contributed by atoms with Gasteiger partial charge in [0.25, 0.3) is 5.91 Å². The Balaban J connectivity index is 1.80.